The number of hydrogen-bond donors (Lipinski definition) is 1. The third-order valence-electron chi connectivity index (χ3n) is 3.42. The Balaban J connectivity index is 2.05. The number of ether oxygens (including phenoxy) is 2. The molecule has 1 aliphatic rings. The van der Waals surface area contributed by atoms with Gasteiger partial charge in [0.15, 0.2) is 0 Å². The van der Waals surface area contributed by atoms with E-state index in [0.29, 0.717) is 24.7 Å². The maximum Gasteiger partial charge on any atom is 0.0700 e. The standard InChI is InChI=1S/C13H27NO2/c1-11-9-13(2,3)10-12(11)14-5-6-16-8-7-15-4/h11-12,14H,5-10H2,1-4H3. The fourth-order valence-corrected chi connectivity index (χ4v) is 2.73. The largest absolute Gasteiger partial charge is 0.382 e. The topological polar surface area (TPSA) is 30.5 Å². The molecule has 0 aromatic rings. The van der Waals surface area contributed by atoms with E-state index in [4.69, 9.17) is 9.47 Å². The molecule has 2 atom stereocenters. The van der Waals surface area contributed by atoms with Gasteiger partial charge in [-0.15, -0.1) is 0 Å². The minimum Gasteiger partial charge on any atom is -0.382 e. The van der Waals surface area contributed by atoms with Crippen LogP contribution in [0.25, 0.3) is 0 Å². The summed E-state index contributed by atoms with van der Waals surface area (Å²) in [6.07, 6.45) is 2.61. The van der Waals surface area contributed by atoms with Crippen molar-refractivity contribution >= 4 is 0 Å². The van der Waals surface area contributed by atoms with Crippen LogP contribution in [0.5, 0.6) is 0 Å². The van der Waals surface area contributed by atoms with Crippen molar-refractivity contribution in [1.29, 1.82) is 0 Å². The third kappa shape index (κ3) is 4.81. The molecule has 3 heteroatoms. The molecule has 1 saturated carbocycles. The van der Waals surface area contributed by atoms with Crippen molar-refractivity contribution in [2.45, 2.75) is 39.7 Å². The summed E-state index contributed by atoms with van der Waals surface area (Å²) in [6.45, 7) is 10.2. The van der Waals surface area contributed by atoms with Crippen molar-refractivity contribution in [3.63, 3.8) is 0 Å². The van der Waals surface area contributed by atoms with Crippen LogP contribution in [0.15, 0.2) is 0 Å². The minimum absolute atomic E-state index is 0.508. The Labute approximate surface area is 99.9 Å². The molecule has 0 aliphatic heterocycles. The quantitative estimate of drug-likeness (QED) is 0.678. The van der Waals surface area contributed by atoms with Gasteiger partial charge in [0.25, 0.3) is 0 Å². The van der Waals surface area contributed by atoms with E-state index in [2.05, 4.69) is 26.1 Å². The van der Waals surface area contributed by atoms with Crippen LogP contribution in [-0.2, 0) is 9.47 Å². The summed E-state index contributed by atoms with van der Waals surface area (Å²) < 4.78 is 10.4. The summed E-state index contributed by atoms with van der Waals surface area (Å²) in [5.74, 6) is 0.786. The Morgan fingerprint density at radius 2 is 1.94 bits per heavy atom. The van der Waals surface area contributed by atoms with Gasteiger partial charge in [-0.3, -0.25) is 0 Å². The predicted octanol–water partition coefficient (Wildman–Crippen LogP) is 2.06. The normalized spacial score (nSPS) is 28.5. The fraction of sp³-hybridized carbons (Fsp3) is 1.00. The Bertz CT molecular complexity index is 194. The highest BCUT2D eigenvalue weighted by Crippen LogP contribution is 2.40. The van der Waals surface area contributed by atoms with E-state index in [1.807, 2.05) is 0 Å². The van der Waals surface area contributed by atoms with Crippen LogP contribution in [0.3, 0.4) is 0 Å². The van der Waals surface area contributed by atoms with Crippen LogP contribution < -0.4 is 5.32 Å². The lowest BCUT2D eigenvalue weighted by molar-refractivity contribution is 0.0706. The van der Waals surface area contributed by atoms with Crippen LogP contribution in [0.4, 0.5) is 0 Å². The molecule has 0 heterocycles. The van der Waals surface area contributed by atoms with Crippen LogP contribution >= 0.6 is 0 Å². The molecule has 1 N–H and O–H groups in total. The zero-order valence-corrected chi connectivity index (χ0v) is 11.2. The smallest absolute Gasteiger partial charge is 0.0700 e. The summed E-state index contributed by atoms with van der Waals surface area (Å²) in [5.41, 5.74) is 0.508. The molecule has 16 heavy (non-hydrogen) atoms. The van der Waals surface area contributed by atoms with E-state index in [9.17, 15) is 0 Å². The molecule has 3 nitrogen and oxygen atoms in total. The van der Waals surface area contributed by atoms with Gasteiger partial charge in [-0.25, -0.2) is 0 Å². The van der Waals surface area contributed by atoms with Crippen LogP contribution in [-0.4, -0.2) is 39.5 Å². The highest BCUT2D eigenvalue weighted by atomic mass is 16.5. The van der Waals surface area contributed by atoms with Crippen molar-refractivity contribution in [3.05, 3.63) is 0 Å². The van der Waals surface area contributed by atoms with Gasteiger partial charge in [0.1, 0.15) is 0 Å². The van der Waals surface area contributed by atoms with E-state index < -0.39 is 0 Å². The van der Waals surface area contributed by atoms with Gasteiger partial charge < -0.3 is 14.8 Å². The SMILES string of the molecule is COCCOCCNC1CC(C)(C)CC1C. The van der Waals surface area contributed by atoms with Crippen molar-refractivity contribution in [1.82, 2.24) is 5.32 Å². The Morgan fingerprint density at radius 1 is 1.19 bits per heavy atom. The highest BCUT2D eigenvalue weighted by molar-refractivity contribution is 4.90. The molecule has 0 amide bonds. The average Bonchev–Trinajstić information content (AvgIpc) is 2.45. The number of nitrogens with one attached hydrogen (secondary N) is 1. The second-order valence-electron chi connectivity index (χ2n) is 5.72. The van der Waals surface area contributed by atoms with Gasteiger partial charge in [-0.1, -0.05) is 20.8 Å². The maximum atomic E-state index is 5.43. The molecule has 0 spiro atoms. The number of rotatable bonds is 7. The Kier molecular flexibility index (Phi) is 5.73. The summed E-state index contributed by atoms with van der Waals surface area (Å²) in [6, 6.07) is 0.668. The van der Waals surface area contributed by atoms with E-state index in [1.54, 1.807) is 7.11 Å². The third-order valence-corrected chi connectivity index (χ3v) is 3.42. The molecular formula is C13H27NO2. The lowest BCUT2D eigenvalue weighted by atomic mass is 9.91. The molecule has 1 rings (SSSR count). The van der Waals surface area contributed by atoms with Gasteiger partial charge in [0.05, 0.1) is 19.8 Å². The van der Waals surface area contributed by atoms with Gasteiger partial charge in [0.2, 0.25) is 0 Å². The Hall–Kier alpha value is -0.120. The second-order valence-corrected chi connectivity index (χ2v) is 5.72. The van der Waals surface area contributed by atoms with Crippen molar-refractivity contribution in [2.75, 3.05) is 33.5 Å². The van der Waals surface area contributed by atoms with Crippen LogP contribution in [0.2, 0.25) is 0 Å². The molecule has 1 aliphatic carbocycles. The first-order chi connectivity index (χ1) is 7.55. The molecule has 1 fully saturated rings. The van der Waals surface area contributed by atoms with Crippen molar-refractivity contribution < 1.29 is 9.47 Å². The van der Waals surface area contributed by atoms with E-state index >= 15 is 0 Å². The molecule has 0 bridgehead atoms. The monoisotopic (exact) mass is 229 g/mol. The summed E-state index contributed by atoms with van der Waals surface area (Å²) >= 11 is 0. The van der Waals surface area contributed by atoms with Crippen molar-refractivity contribution in [2.24, 2.45) is 11.3 Å². The highest BCUT2D eigenvalue weighted by Gasteiger charge is 2.35. The lowest BCUT2D eigenvalue weighted by Crippen LogP contribution is -2.34. The average molecular weight is 229 g/mol. The fourth-order valence-electron chi connectivity index (χ4n) is 2.73. The number of methoxy groups -OCH3 is 1. The van der Waals surface area contributed by atoms with Crippen LogP contribution in [0.1, 0.15) is 33.6 Å². The van der Waals surface area contributed by atoms with E-state index in [1.165, 1.54) is 12.8 Å². The van der Waals surface area contributed by atoms with E-state index in [0.717, 1.165) is 19.1 Å². The molecule has 0 aromatic carbocycles. The summed E-state index contributed by atoms with van der Waals surface area (Å²) in [7, 11) is 1.70. The summed E-state index contributed by atoms with van der Waals surface area (Å²) in [4.78, 5) is 0. The number of hydrogen-bond acceptors (Lipinski definition) is 3. The molecular weight excluding hydrogens is 202 g/mol. The molecule has 0 aromatic heterocycles. The molecule has 96 valence electrons. The second kappa shape index (κ2) is 6.58. The van der Waals surface area contributed by atoms with Gasteiger partial charge in [0, 0.05) is 19.7 Å². The van der Waals surface area contributed by atoms with Crippen molar-refractivity contribution in [3.8, 4) is 0 Å². The van der Waals surface area contributed by atoms with Gasteiger partial charge in [-0.05, 0) is 24.2 Å². The molecule has 0 radical (unpaired) electrons. The summed E-state index contributed by atoms with van der Waals surface area (Å²) in [5, 5.41) is 3.60. The van der Waals surface area contributed by atoms with Crippen LogP contribution in [0, 0.1) is 11.3 Å². The first kappa shape index (κ1) is 13.9. The van der Waals surface area contributed by atoms with Gasteiger partial charge in [-0.2, -0.15) is 0 Å². The van der Waals surface area contributed by atoms with Gasteiger partial charge >= 0.3 is 0 Å². The predicted molar refractivity (Wildman–Crippen MR) is 66.7 cm³/mol. The molecule has 2 unspecified atom stereocenters. The maximum absolute atomic E-state index is 5.43. The lowest BCUT2D eigenvalue weighted by Gasteiger charge is -2.18. The minimum atomic E-state index is 0.508. The first-order valence-corrected chi connectivity index (χ1v) is 6.35. The first-order valence-electron chi connectivity index (χ1n) is 6.35. The Morgan fingerprint density at radius 3 is 2.50 bits per heavy atom. The molecule has 0 saturated heterocycles. The zero-order valence-electron chi connectivity index (χ0n) is 11.2. The van der Waals surface area contributed by atoms with E-state index in [-0.39, 0.29) is 0 Å². The zero-order chi connectivity index (χ0) is 12.0.